The number of methoxy groups -OCH3 is 1. The number of morpholine rings is 1. The molecule has 1 saturated heterocycles. The summed E-state index contributed by atoms with van der Waals surface area (Å²) in [4.78, 5) is 13.5. The molecule has 0 radical (unpaired) electrons. The van der Waals surface area contributed by atoms with Gasteiger partial charge in [0.1, 0.15) is 18.5 Å². The van der Waals surface area contributed by atoms with Crippen LogP contribution < -0.4 is 4.74 Å². The van der Waals surface area contributed by atoms with E-state index in [0.29, 0.717) is 17.9 Å². The molecule has 1 fully saturated rings. The van der Waals surface area contributed by atoms with Gasteiger partial charge in [0, 0.05) is 19.6 Å². The van der Waals surface area contributed by atoms with Crippen LogP contribution in [0.5, 0.6) is 5.75 Å². The quantitative estimate of drug-likeness (QED) is 0.780. The van der Waals surface area contributed by atoms with E-state index < -0.39 is 6.10 Å². The average Bonchev–Trinajstić information content (AvgIpc) is 2.51. The lowest BCUT2D eigenvalue weighted by atomic mass is 10.2. The number of ether oxygens (including phenoxy) is 3. The maximum atomic E-state index is 11.3. The summed E-state index contributed by atoms with van der Waals surface area (Å²) in [5.74, 6) is 0.229. The van der Waals surface area contributed by atoms with Crippen molar-refractivity contribution in [1.29, 1.82) is 0 Å². The second-order valence-corrected chi connectivity index (χ2v) is 5.96. The van der Waals surface area contributed by atoms with Gasteiger partial charge in [-0.05, 0) is 38.1 Å². The molecule has 1 aromatic carbocycles. The number of nitrogens with zero attached hydrogens (tertiary/aromatic N) is 1. The summed E-state index contributed by atoms with van der Waals surface area (Å²) in [7, 11) is 1.34. The Morgan fingerprint density at radius 3 is 2.42 bits per heavy atom. The standard InChI is InChI=1S/C17H25NO5.ClH/c1-12-8-18(9-13(2)23-12)10-15(19)11-22-16-6-4-14(5-7-16)17(20)21-3;/h4-7,12-13,15,19H,8-11H2,1-3H3;1H. The van der Waals surface area contributed by atoms with Crippen LogP contribution in [0.15, 0.2) is 24.3 Å². The van der Waals surface area contributed by atoms with Gasteiger partial charge in [0.25, 0.3) is 0 Å². The topological polar surface area (TPSA) is 68.2 Å². The Bertz CT molecular complexity index is 500. The third kappa shape index (κ3) is 6.28. The molecule has 0 spiro atoms. The number of esters is 1. The summed E-state index contributed by atoms with van der Waals surface area (Å²) in [5, 5.41) is 10.1. The third-order valence-corrected chi connectivity index (χ3v) is 3.68. The Morgan fingerprint density at radius 1 is 1.29 bits per heavy atom. The van der Waals surface area contributed by atoms with Crippen molar-refractivity contribution in [3.63, 3.8) is 0 Å². The van der Waals surface area contributed by atoms with Gasteiger partial charge in [0.05, 0.1) is 24.9 Å². The molecule has 0 saturated carbocycles. The van der Waals surface area contributed by atoms with Crippen LogP contribution in [0.3, 0.4) is 0 Å². The fourth-order valence-electron chi connectivity index (χ4n) is 2.78. The van der Waals surface area contributed by atoms with Gasteiger partial charge in [-0.1, -0.05) is 0 Å². The summed E-state index contributed by atoms with van der Waals surface area (Å²) >= 11 is 0. The van der Waals surface area contributed by atoms with E-state index in [1.54, 1.807) is 24.3 Å². The Hall–Kier alpha value is -1.34. The van der Waals surface area contributed by atoms with Crippen LogP contribution >= 0.6 is 12.4 Å². The minimum absolute atomic E-state index is 0. The molecule has 24 heavy (non-hydrogen) atoms. The van der Waals surface area contributed by atoms with E-state index in [2.05, 4.69) is 9.64 Å². The Balaban J connectivity index is 0.00000288. The number of hydrogen-bond acceptors (Lipinski definition) is 6. The second kappa shape index (κ2) is 9.84. The molecule has 1 heterocycles. The molecule has 1 aliphatic heterocycles. The second-order valence-electron chi connectivity index (χ2n) is 5.96. The SMILES string of the molecule is COC(=O)c1ccc(OCC(O)CN2CC(C)OC(C)C2)cc1.Cl. The van der Waals surface area contributed by atoms with Crippen LogP contribution in [0.4, 0.5) is 0 Å². The molecule has 1 N–H and O–H groups in total. The molecule has 7 heteroatoms. The minimum atomic E-state index is -0.576. The van der Waals surface area contributed by atoms with Gasteiger partial charge in [0.2, 0.25) is 0 Å². The van der Waals surface area contributed by atoms with Crippen molar-refractivity contribution >= 4 is 18.4 Å². The fraction of sp³-hybridized carbons (Fsp3) is 0.588. The number of carbonyl (C=O) groups is 1. The number of halogens is 1. The molecular weight excluding hydrogens is 334 g/mol. The average molecular weight is 360 g/mol. The van der Waals surface area contributed by atoms with E-state index in [9.17, 15) is 9.90 Å². The molecule has 6 nitrogen and oxygen atoms in total. The highest BCUT2D eigenvalue weighted by atomic mass is 35.5. The predicted molar refractivity (Wildman–Crippen MR) is 93.0 cm³/mol. The summed E-state index contributed by atoms with van der Waals surface area (Å²) in [5.41, 5.74) is 0.469. The summed E-state index contributed by atoms with van der Waals surface area (Å²) < 4.78 is 15.9. The van der Waals surface area contributed by atoms with Gasteiger partial charge in [-0.15, -0.1) is 12.4 Å². The maximum absolute atomic E-state index is 11.3. The minimum Gasteiger partial charge on any atom is -0.491 e. The van der Waals surface area contributed by atoms with E-state index in [0.717, 1.165) is 13.1 Å². The smallest absolute Gasteiger partial charge is 0.337 e. The van der Waals surface area contributed by atoms with Crippen molar-refractivity contribution < 1.29 is 24.1 Å². The van der Waals surface area contributed by atoms with Crippen molar-refractivity contribution in [3.05, 3.63) is 29.8 Å². The van der Waals surface area contributed by atoms with Crippen LogP contribution in [-0.2, 0) is 9.47 Å². The molecule has 0 bridgehead atoms. The van der Waals surface area contributed by atoms with Crippen molar-refractivity contribution in [3.8, 4) is 5.75 Å². The number of β-amino-alcohol motifs (C(OH)–C–C–N with tert-alkyl or cyclic N) is 1. The number of aliphatic hydroxyl groups excluding tert-OH is 1. The number of benzene rings is 1. The molecule has 0 aliphatic carbocycles. The van der Waals surface area contributed by atoms with Gasteiger partial charge >= 0.3 is 5.97 Å². The van der Waals surface area contributed by atoms with E-state index in [1.807, 2.05) is 13.8 Å². The Labute approximate surface area is 149 Å². The van der Waals surface area contributed by atoms with Crippen LogP contribution in [0.2, 0.25) is 0 Å². The normalized spacial score (nSPS) is 22.3. The largest absolute Gasteiger partial charge is 0.491 e. The highest BCUT2D eigenvalue weighted by molar-refractivity contribution is 5.89. The first-order chi connectivity index (χ1) is 11.0. The molecule has 3 atom stereocenters. The van der Waals surface area contributed by atoms with Crippen LogP contribution in [0.25, 0.3) is 0 Å². The predicted octanol–water partition coefficient (Wildman–Crippen LogP) is 1.74. The lowest BCUT2D eigenvalue weighted by Crippen LogP contribution is -2.48. The molecule has 1 aromatic rings. The van der Waals surface area contributed by atoms with E-state index in [1.165, 1.54) is 7.11 Å². The molecule has 136 valence electrons. The molecule has 1 aliphatic rings. The number of rotatable bonds is 6. The lowest BCUT2D eigenvalue weighted by molar-refractivity contribution is -0.0786. The highest BCUT2D eigenvalue weighted by Gasteiger charge is 2.23. The fourth-order valence-corrected chi connectivity index (χ4v) is 2.78. The molecule has 0 amide bonds. The van der Waals surface area contributed by atoms with Gasteiger partial charge < -0.3 is 19.3 Å². The number of aliphatic hydroxyl groups is 1. The molecule has 3 unspecified atom stereocenters. The van der Waals surface area contributed by atoms with Gasteiger partial charge in [-0.3, -0.25) is 4.90 Å². The summed E-state index contributed by atoms with van der Waals surface area (Å²) in [6.45, 7) is 6.46. The number of hydrogen-bond donors (Lipinski definition) is 1. The maximum Gasteiger partial charge on any atom is 0.337 e. The van der Waals surface area contributed by atoms with Gasteiger partial charge in [-0.2, -0.15) is 0 Å². The van der Waals surface area contributed by atoms with E-state index in [-0.39, 0.29) is 37.2 Å². The first kappa shape index (κ1) is 20.7. The van der Waals surface area contributed by atoms with Crippen molar-refractivity contribution in [2.24, 2.45) is 0 Å². The molecular formula is C17H26ClNO5. The lowest BCUT2D eigenvalue weighted by Gasteiger charge is -2.36. The van der Waals surface area contributed by atoms with E-state index >= 15 is 0 Å². The first-order valence-electron chi connectivity index (χ1n) is 7.85. The van der Waals surface area contributed by atoms with Crippen molar-refractivity contribution in [2.45, 2.75) is 32.2 Å². The zero-order valence-corrected chi connectivity index (χ0v) is 15.1. The van der Waals surface area contributed by atoms with Gasteiger partial charge in [-0.25, -0.2) is 4.79 Å². The summed E-state index contributed by atoms with van der Waals surface area (Å²) in [6.07, 6.45) is -0.219. The monoisotopic (exact) mass is 359 g/mol. The van der Waals surface area contributed by atoms with Crippen LogP contribution in [0.1, 0.15) is 24.2 Å². The van der Waals surface area contributed by atoms with Crippen LogP contribution in [-0.4, -0.2) is 67.6 Å². The molecule has 2 rings (SSSR count). The Morgan fingerprint density at radius 2 is 1.88 bits per heavy atom. The van der Waals surface area contributed by atoms with Crippen molar-refractivity contribution in [2.75, 3.05) is 33.4 Å². The third-order valence-electron chi connectivity index (χ3n) is 3.68. The summed E-state index contributed by atoms with van der Waals surface area (Å²) in [6, 6.07) is 6.66. The Kier molecular flexibility index (Phi) is 8.48. The van der Waals surface area contributed by atoms with Crippen LogP contribution in [0, 0.1) is 0 Å². The van der Waals surface area contributed by atoms with Crippen molar-refractivity contribution in [1.82, 2.24) is 4.90 Å². The zero-order valence-electron chi connectivity index (χ0n) is 14.3. The highest BCUT2D eigenvalue weighted by Crippen LogP contribution is 2.14. The van der Waals surface area contributed by atoms with E-state index in [4.69, 9.17) is 9.47 Å². The van der Waals surface area contributed by atoms with Gasteiger partial charge in [0.15, 0.2) is 0 Å². The number of carbonyl (C=O) groups excluding carboxylic acids is 1. The first-order valence-corrected chi connectivity index (χ1v) is 7.85. The molecule has 0 aromatic heterocycles. The zero-order chi connectivity index (χ0) is 16.8.